The van der Waals surface area contributed by atoms with Crippen LogP contribution in [-0.2, 0) is 0 Å². The first-order valence-electron chi connectivity index (χ1n) is 7.17. The molecule has 0 saturated carbocycles. The van der Waals surface area contributed by atoms with Crippen molar-refractivity contribution in [3.05, 3.63) is 47.0 Å². The molecule has 2 heteroatoms. The fourth-order valence-electron chi connectivity index (χ4n) is 2.60. The second kappa shape index (κ2) is 7.11. The van der Waals surface area contributed by atoms with E-state index in [0.29, 0.717) is 0 Å². The zero-order valence-corrected chi connectivity index (χ0v) is 11.7. The van der Waals surface area contributed by atoms with Gasteiger partial charge in [0.05, 0.1) is 6.07 Å². The van der Waals surface area contributed by atoms with Gasteiger partial charge in [0, 0.05) is 6.54 Å². The second-order valence-electron chi connectivity index (χ2n) is 5.29. The zero-order valence-electron chi connectivity index (χ0n) is 11.7. The van der Waals surface area contributed by atoms with Crippen LogP contribution >= 0.6 is 0 Å². The summed E-state index contributed by atoms with van der Waals surface area (Å²) in [5, 5.41) is 12.6. The van der Waals surface area contributed by atoms with Crippen LogP contribution in [0.15, 0.2) is 35.9 Å². The lowest BCUT2D eigenvalue weighted by molar-refractivity contribution is 0.601. The summed E-state index contributed by atoms with van der Waals surface area (Å²) < 4.78 is 0. The van der Waals surface area contributed by atoms with Crippen molar-refractivity contribution in [2.24, 2.45) is 0 Å². The first kappa shape index (κ1) is 13.8. The maximum atomic E-state index is 9.28. The van der Waals surface area contributed by atoms with Crippen molar-refractivity contribution < 1.29 is 0 Å². The lowest BCUT2D eigenvalue weighted by Crippen LogP contribution is -2.21. The van der Waals surface area contributed by atoms with E-state index in [0.717, 1.165) is 18.5 Å². The number of allylic oxidation sites excluding steroid dienone is 1. The van der Waals surface area contributed by atoms with Crippen LogP contribution in [0.3, 0.4) is 0 Å². The first-order valence-corrected chi connectivity index (χ1v) is 7.17. The summed E-state index contributed by atoms with van der Waals surface area (Å²) in [5.74, 6) is 0. The Kier molecular flexibility index (Phi) is 5.18. The Morgan fingerprint density at radius 2 is 2.26 bits per heavy atom. The minimum atomic E-state index is -0.191. The first-order chi connectivity index (χ1) is 9.29. The molecule has 100 valence electrons. The van der Waals surface area contributed by atoms with Gasteiger partial charge in [-0.2, -0.15) is 5.26 Å². The minimum Gasteiger partial charge on any atom is -0.298 e. The molecule has 1 atom stereocenters. The van der Waals surface area contributed by atoms with Crippen LogP contribution in [-0.4, -0.2) is 6.54 Å². The molecule has 0 fully saturated rings. The maximum Gasteiger partial charge on any atom is 0.121 e. The zero-order chi connectivity index (χ0) is 13.5. The number of aryl methyl sites for hydroxylation is 1. The molecule has 0 aromatic heterocycles. The van der Waals surface area contributed by atoms with Gasteiger partial charge in [-0.25, -0.2) is 0 Å². The van der Waals surface area contributed by atoms with Gasteiger partial charge >= 0.3 is 0 Å². The lowest BCUT2D eigenvalue weighted by Gasteiger charge is -2.15. The molecule has 0 aliphatic heterocycles. The molecule has 0 radical (unpaired) electrons. The minimum absolute atomic E-state index is 0.191. The summed E-state index contributed by atoms with van der Waals surface area (Å²) in [6.07, 6.45) is 8.58. The van der Waals surface area contributed by atoms with Crippen LogP contribution in [0.25, 0.3) is 0 Å². The molecule has 1 aliphatic rings. The van der Waals surface area contributed by atoms with Crippen LogP contribution < -0.4 is 5.32 Å². The highest BCUT2D eigenvalue weighted by Crippen LogP contribution is 2.20. The van der Waals surface area contributed by atoms with Crippen LogP contribution in [0.2, 0.25) is 0 Å². The quantitative estimate of drug-likeness (QED) is 0.805. The molecular formula is C17H22N2. The van der Waals surface area contributed by atoms with Crippen LogP contribution in [0, 0.1) is 18.3 Å². The molecule has 19 heavy (non-hydrogen) atoms. The molecule has 0 amide bonds. The number of nitrogens with zero attached hydrogens (tertiary/aromatic N) is 1. The molecule has 0 heterocycles. The van der Waals surface area contributed by atoms with Gasteiger partial charge in [0.1, 0.15) is 6.04 Å². The van der Waals surface area contributed by atoms with Gasteiger partial charge in [-0.05, 0) is 44.6 Å². The van der Waals surface area contributed by atoms with Gasteiger partial charge in [-0.3, -0.25) is 5.32 Å². The molecule has 1 aliphatic carbocycles. The third-order valence-corrected chi connectivity index (χ3v) is 3.68. The van der Waals surface area contributed by atoms with E-state index in [1.165, 1.54) is 31.2 Å². The van der Waals surface area contributed by atoms with Gasteiger partial charge in [0.2, 0.25) is 0 Å². The SMILES string of the molecule is Cc1cccc(C(C#N)NCCC2=CCCCC2)c1. The molecular weight excluding hydrogens is 232 g/mol. The van der Waals surface area contributed by atoms with Gasteiger partial charge in [0.25, 0.3) is 0 Å². The summed E-state index contributed by atoms with van der Waals surface area (Å²) in [6.45, 7) is 2.95. The number of benzene rings is 1. The molecule has 1 unspecified atom stereocenters. The Morgan fingerprint density at radius 1 is 1.37 bits per heavy atom. The Labute approximate surface area is 116 Å². The third-order valence-electron chi connectivity index (χ3n) is 3.68. The smallest absolute Gasteiger partial charge is 0.121 e. The average molecular weight is 254 g/mol. The monoisotopic (exact) mass is 254 g/mol. The topological polar surface area (TPSA) is 35.8 Å². The third kappa shape index (κ3) is 4.22. The Hall–Kier alpha value is -1.59. The molecule has 2 rings (SSSR count). The summed E-state index contributed by atoms with van der Waals surface area (Å²) >= 11 is 0. The molecule has 0 bridgehead atoms. The number of rotatable bonds is 5. The average Bonchev–Trinajstić information content (AvgIpc) is 2.45. The van der Waals surface area contributed by atoms with Crippen molar-refractivity contribution in [2.45, 2.75) is 45.1 Å². The second-order valence-corrected chi connectivity index (χ2v) is 5.29. The van der Waals surface area contributed by atoms with Gasteiger partial charge < -0.3 is 0 Å². The largest absolute Gasteiger partial charge is 0.298 e. The van der Waals surface area contributed by atoms with Crippen molar-refractivity contribution in [2.75, 3.05) is 6.54 Å². The normalized spacial score (nSPS) is 16.5. The standard InChI is InChI=1S/C17H22N2/c1-14-6-5-9-16(12-14)17(13-18)19-11-10-15-7-3-2-4-8-15/h5-7,9,12,17,19H,2-4,8,10-11H2,1H3. The predicted octanol–water partition coefficient (Wildman–Crippen LogP) is 4.04. The number of nitriles is 1. The molecule has 2 nitrogen and oxygen atoms in total. The van der Waals surface area contributed by atoms with E-state index >= 15 is 0 Å². The summed E-state index contributed by atoms with van der Waals surface area (Å²) in [5.41, 5.74) is 3.83. The van der Waals surface area contributed by atoms with E-state index < -0.39 is 0 Å². The fraction of sp³-hybridized carbons (Fsp3) is 0.471. The van der Waals surface area contributed by atoms with E-state index in [2.05, 4.69) is 36.5 Å². The van der Waals surface area contributed by atoms with E-state index in [4.69, 9.17) is 0 Å². The Morgan fingerprint density at radius 3 is 2.95 bits per heavy atom. The summed E-state index contributed by atoms with van der Waals surface area (Å²) in [6, 6.07) is 10.3. The van der Waals surface area contributed by atoms with Crippen molar-refractivity contribution in [3.63, 3.8) is 0 Å². The molecule has 1 aromatic rings. The van der Waals surface area contributed by atoms with E-state index in [9.17, 15) is 5.26 Å². The summed E-state index contributed by atoms with van der Waals surface area (Å²) in [4.78, 5) is 0. The van der Waals surface area contributed by atoms with Gasteiger partial charge in [0.15, 0.2) is 0 Å². The number of hydrogen-bond donors (Lipinski definition) is 1. The fourth-order valence-corrected chi connectivity index (χ4v) is 2.60. The van der Waals surface area contributed by atoms with Crippen molar-refractivity contribution in [1.82, 2.24) is 5.32 Å². The van der Waals surface area contributed by atoms with E-state index in [-0.39, 0.29) is 6.04 Å². The molecule has 0 spiro atoms. The summed E-state index contributed by atoms with van der Waals surface area (Å²) in [7, 11) is 0. The van der Waals surface area contributed by atoms with E-state index in [1.54, 1.807) is 5.57 Å². The Balaban J connectivity index is 1.86. The van der Waals surface area contributed by atoms with Gasteiger partial charge in [-0.1, -0.05) is 41.5 Å². The Bertz CT molecular complexity index is 482. The number of nitrogens with one attached hydrogen (secondary N) is 1. The predicted molar refractivity (Wildman–Crippen MR) is 78.7 cm³/mol. The molecule has 1 N–H and O–H groups in total. The highest BCUT2D eigenvalue weighted by molar-refractivity contribution is 5.28. The lowest BCUT2D eigenvalue weighted by atomic mass is 9.97. The van der Waals surface area contributed by atoms with Crippen LogP contribution in [0.5, 0.6) is 0 Å². The van der Waals surface area contributed by atoms with Crippen molar-refractivity contribution in [1.29, 1.82) is 5.26 Å². The van der Waals surface area contributed by atoms with Crippen LogP contribution in [0.4, 0.5) is 0 Å². The van der Waals surface area contributed by atoms with Crippen molar-refractivity contribution in [3.8, 4) is 6.07 Å². The van der Waals surface area contributed by atoms with E-state index in [1.807, 2.05) is 12.1 Å². The molecule has 0 saturated heterocycles. The van der Waals surface area contributed by atoms with Gasteiger partial charge in [-0.15, -0.1) is 0 Å². The number of hydrogen-bond acceptors (Lipinski definition) is 2. The molecule has 1 aromatic carbocycles. The van der Waals surface area contributed by atoms with Crippen molar-refractivity contribution >= 4 is 0 Å². The maximum absolute atomic E-state index is 9.28. The highest BCUT2D eigenvalue weighted by atomic mass is 14.9. The van der Waals surface area contributed by atoms with Crippen LogP contribution in [0.1, 0.15) is 49.3 Å². The highest BCUT2D eigenvalue weighted by Gasteiger charge is 2.10.